The van der Waals surface area contributed by atoms with Crippen LogP contribution in [0.3, 0.4) is 0 Å². The van der Waals surface area contributed by atoms with Gasteiger partial charge in [-0.15, -0.1) is 0 Å². The highest BCUT2D eigenvalue weighted by atomic mass is 16.5. The van der Waals surface area contributed by atoms with E-state index in [1.54, 1.807) is 6.08 Å². The first kappa shape index (κ1) is 30.1. The van der Waals surface area contributed by atoms with E-state index in [0.29, 0.717) is 18.8 Å². The summed E-state index contributed by atoms with van der Waals surface area (Å²) in [6.07, 6.45) is 4.65. The molecule has 4 atom stereocenters. The molecule has 0 aliphatic carbocycles. The van der Waals surface area contributed by atoms with Crippen LogP contribution in [0.1, 0.15) is 73.6 Å². The Morgan fingerprint density at radius 2 is 1.74 bits per heavy atom. The van der Waals surface area contributed by atoms with Crippen LogP contribution in [0.15, 0.2) is 12.2 Å². The summed E-state index contributed by atoms with van der Waals surface area (Å²) in [4.78, 5) is 62.7. The van der Waals surface area contributed by atoms with Crippen molar-refractivity contribution in [1.82, 2.24) is 21.3 Å². The third-order valence-corrected chi connectivity index (χ3v) is 5.50. The smallest absolute Gasteiger partial charge is 0.303 e. The molecule has 0 aromatic rings. The van der Waals surface area contributed by atoms with Crippen molar-refractivity contribution in [2.75, 3.05) is 6.54 Å². The topological polar surface area (TPSA) is 143 Å². The molecule has 1 fully saturated rings. The molecule has 1 rings (SSSR count). The normalized spacial score (nSPS) is 24.6. The number of nitrogens with one attached hydrogen (secondary N) is 4. The fourth-order valence-electron chi connectivity index (χ4n) is 3.67. The molecule has 0 bridgehead atoms. The Bertz CT molecular complexity index is 780. The monoisotopic (exact) mass is 494 g/mol. The number of ether oxygens (including phenoxy) is 1. The first-order chi connectivity index (χ1) is 16.4. The summed E-state index contributed by atoms with van der Waals surface area (Å²) >= 11 is 0. The number of allylic oxidation sites excluding steroid dienone is 1. The average molecular weight is 495 g/mol. The molecule has 0 aromatic carbocycles. The van der Waals surface area contributed by atoms with Gasteiger partial charge >= 0.3 is 5.97 Å². The van der Waals surface area contributed by atoms with E-state index in [9.17, 15) is 24.0 Å². The van der Waals surface area contributed by atoms with E-state index in [2.05, 4.69) is 35.1 Å². The maximum absolute atomic E-state index is 13.0. The summed E-state index contributed by atoms with van der Waals surface area (Å²) in [6, 6.07) is -2.59. The van der Waals surface area contributed by atoms with Gasteiger partial charge in [0, 0.05) is 13.5 Å². The Hall–Kier alpha value is -2.91. The van der Waals surface area contributed by atoms with Gasteiger partial charge in [-0.05, 0) is 56.9 Å². The molecule has 1 aliphatic rings. The molecular formula is C25H42N4O6. The van der Waals surface area contributed by atoms with Crippen molar-refractivity contribution >= 4 is 29.6 Å². The van der Waals surface area contributed by atoms with Crippen LogP contribution in [0.5, 0.6) is 0 Å². The number of amides is 4. The third kappa shape index (κ3) is 11.9. The molecule has 0 unspecified atom stereocenters. The average Bonchev–Trinajstić information content (AvgIpc) is 2.75. The van der Waals surface area contributed by atoms with Gasteiger partial charge in [0.15, 0.2) is 6.10 Å². The zero-order valence-electron chi connectivity index (χ0n) is 21.8. The van der Waals surface area contributed by atoms with Gasteiger partial charge in [0.2, 0.25) is 17.7 Å². The van der Waals surface area contributed by atoms with Crippen LogP contribution in [0.2, 0.25) is 0 Å². The van der Waals surface area contributed by atoms with Crippen LogP contribution in [-0.2, 0) is 28.7 Å². The number of carbonyl (C=O) groups is 5. The largest absolute Gasteiger partial charge is 0.450 e. The zero-order valence-corrected chi connectivity index (χ0v) is 21.8. The second kappa shape index (κ2) is 15.2. The van der Waals surface area contributed by atoms with Gasteiger partial charge in [-0.25, -0.2) is 0 Å². The summed E-state index contributed by atoms with van der Waals surface area (Å²) in [7, 11) is 0. The summed E-state index contributed by atoms with van der Waals surface area (Å²) in [5.41, 5.74) is 0. The van der Waals surface area contributed by atoms with Crippen molar-refractivity contribution in [3.05, 3.63) is 12.2 Å². The van der Waals surface area contributed by atoms with Crippen molar-refractivity contribution in [3.63, 3.8) is 0 Å². The second-order valence-corrected chi connectivity index (χ2v) is 9.89. The molecule has 10 heteroatoms. The van der Waals surface area contributed by atoms with E-state index in [1.165, 1.54) is 13.0 Å². The highest BCUT2D eigenvalue weighted by Gasteiger charge is 2.34. The van der Waals surface area contributed by atoms with E-state index in [1.807, 2.05) is 13.8 Å². The van der Waals surface area contributed by atoms with Crippen molar-refractivity contribution in [1.29, 1.82) is 0 Å². The first-order valence-corrected chi connectivity index (χ1v) is 12.4. The highest BCUT2D eigenvalue weighted by molar-refractivity contribution is 5.94. The van der Waals surface area contributed by atoms with Gasteiger partial charge in [-0.1, -0.05) is 33.8 Å². The maximum atomic E-state index is 13.0. The van der Waals surface area contributed by atoms with Gasteiger partial charge in [0.05, 0.1) is 6.04 Å². The van der Waals surface area contributed by atoms with Crippen molar-refractivity contribution in [2.24, 2.45) is 11.8 Å². The second-order valence-electron chi connectivity index (χ2n) is 9.89. The van der Waals surface area contributed by atoms with E-state index in [0.717, 1.165) is 19.8 Å². The number of hydrogen-bond acceptors (Lipinski definition) is 6. The van der Waals surface area contributed by atoms with Crippen LogP contribution in [0.25, 0.3) is 0 Å². The Morgan fingerprint density at radius 1 is 1.06 bits per heavy atom. The van der Waals surface area contributed by atoms with Crippen LogP contribution < -0.4 is 21.3 Å². The predicted molar refractivity (Wildman–Crippen MR) is 132 cm³/mol. The molecule has 0 saturated carbocycles. The molecule has 198 valence electrons. The van der Waals surface area contributed by atoms with E-state index < -0.39 is 47.9 Å². The lowest BCUT2D eigenvalue weighted by atomic mass is 10.0. The van der Waals surface area contributed by atoms with E-state index >= 15 is 0 Å². The van der Waals surface area contributed by atoms with Crippen LogP contribution in [0.4, 0.5) is 0 Å². The molecule has 1 heterocycles. The molecule has 10 nitrogen and oxygen atoms in total. The van der Waals surface area contributed by atoms with Gasteiger partial charge in [0.25, 0.3) is 5.91 Å². The lowest BCUT2D eigenvalue weighted by molar-refractivity contribution is -0.156. The lowest BCUT2D eigenvalue weighted by Crippen LogP contribution is -2.57. The molecule has 35 heavy (non-hydrogen) atoms. The Kier molecular flexibility index (Phi) is 13.0. The molecular weight excluding hydrogens is 452 g/mol. The summed E-state index contributed by atoms with van der Waals surface area (Å²) in [6.45, 7) is 11.0. The molecule has 1 aliphatic heterocycles. The molecule has 0 spiro atoms. The number of rotatable bonds is 8. The van der Waals surface area contributed by atoms with Gasteiger partial charge in [0.1, 0.15) is 12.1 Å². The van der Waals surface area contributed by atoms with Crippen LogP contribution >= 0.6 is 0 Å². The van der Waals surface area contributed by atoms with Gasteiger partial charge in [-0.3, -0.25) is 24.0 Å². The van der Waals surface area contributed by atoms with E-state index in [4.69, 9.17) is 4.74 Å². The SMILES string of the molecule is CC(=O)O[C@@H]1C(=O)N[C@@H](CC(C)C)C(=O)NCCC[C@H](NC(=O)/C=C/CCC(C)C)C(=O)N[C@H]1C. The molecule has 4 N–H and O–H groups in total. The lowest BCUT2D eigenvalue weighted by Gasteiger charge is -2.27. The summed E-state index contributed by atoms with van der Waals surface area (Å²) < 4.78 is 5.19. The van der Waals surface area contributed by atoms with E-state index in [-0.39, 0.29) is 24.8 Å². The molecule has 0 radical (unpaired) electrons. The minimum absolute atomic E-state index is 0.124. The minimum atomic E-state index is -1.34. The van der Waals surface area contributed by atoms with Gasteiger partial charge in [-0.2, -0.15) is 0 Å². The molecule has 1 saturated heterocycles. The fourth-order valence-corrected chi connectivity index (χ4v) is 3.67. The minimum Gasteiger partial charge on any atom is -0.450 e. The fraction of sp³-hybridized carbons (Fsp3) is 0.720. The highest BCUT2D eigenvalue weighted by Crippen LogP contribution is 2.10. The standard InChI is InChI=1S/C25H42N4O6/c1-15(2)10-7-8-12-21(31)28-19-11-9-13-26-23(32)20(14-16(3)4)29-25(34)22(35-18(6)30)17(5)27-24(19)33/h8,12,15-17,19-20,22H,7,9-11,13-14H2,1-6H3,(H,26,32)(H,27,33)(H,28,31)(H,29,34)/b12-8+/t17-,19-,20-,22-/m0/s1. The quantitative estimate of drug-likeness (QED) is 0.296. The number of hydrogen-bond donors (Lipinski definition) is 4. The Morgan fingerprint density at radius 3 is 2.34 bits per heavy atom. The molecule has 4 amide bonds. The predicted octanol–water partition coefficient (Wildman–Crippen LogP) is 1.34. The maximum Gasteiger partial charge on any atom is 0.303 e. The van der Waals surface area contributed by atoms with Crippen molar-refractivity contribution < 1.29 is 28.7 Å². The Labute approximate surface area is 208 Å². The van der Waals surface area contributed by atoms with Crippen molar-refractivity contribution in [2.45, 2.75) is 97.9 Å². The molecule has 0 aromatic heterocycles. The summed E-state index contributed by atoms with van der Waals surface area (Å²) in [5, 5.41) is 10.8. The third-order valence-electron chi connectivity index (χ3n) is 5.50. The van der Waals surface area contributed by atoms with Crippen molar-refractivity contribution in [3.8, 4) is 0 Å². The number of esters is 1. The Balaban J connectivity index is 3.07. The summed E-state index contributed by atoms with van der Waals surface area (Å²) in [5.74, 6) is -1.99. The zero-order chi connectivity index (χ0) is 26.5. The first-order valence-electron chi connectivity index (χ1n) is 12.4. The van der Waals surface area contributed by atoms with Crippen LogP contribution in [0, 0.1) is 11.8 Å². The van der Waals surface area contributed by atoms with Crippen LogP contribution in [-0.4, -0.2) is 60.4 Å². The van der Waals surface area contributed by atoms with Gasteiger partial charge < -0.3 is 26.0 Å². The number of carbonyl (C=O) groups excluding carboxylic acids is 5.